The molecule has 0 N–H and O–H groups in total. The van der Waals surface area contributed by atoms with Crippen molar-refractivity contribution in [3.63, 3.8) is 0 Å². The van der Waals surface area contributed by atoms with Crippen LogP contribution in [0.1, 0.15) is 25.7 Å². The van der Waals surface area contributed by atoms with Crippen molar-refractivity contribution >= 4 is 34.6 Å². The molecule has 2 aliphatic carbocycles. The second-order valence-corrected chi connectivity index (χ2v) is 10.3. The van der Waals surface area contributed by atoms with E-state index in [9.17, 15) is 0 Å². The third-order valence-corrected chi connectivity index (χ3v) is 8.42. The first-order chi connectivity index (χ1) is 15.4. The van der Waals surface area contributed by atoms with Gasteiger partial charge >= 0.3 is 26.2 Å². The van der Waals surface area contributed by atoms with Gasteiger partial charge in [0.15, 0.2) is 0 Å². The Morgan fingerprint density at radius 2 is 1.38 bits per heavy atom. The number of rotatable bonds is 3. The van der Waals surface area contributed by atoms with Gasteiger partial charge in [-0.05, 0) is 18.5 Å². The van der Waals surface area contributed by atoms with Crippen LogP contribution in [0.25, 0.3) is 10.8 Å². The maximum absolute atomic E-state index is 2.35. The maximum atomic E-state index is 2.35. The second kappa shape index (κ2) is 11.2. The van der Waals surface area contributed by atoms with Crippen molar-refractivity contribution in [2.75, 3.05) is 0 Å². The molecule has 0 heterocycles. The Hall–Kier alpha value is -2.07. The van der Waals surface area contributed by atoms with E-state index in [4.69, 9.17) is 0 Å². The summed E-state index contributed by atoms with van der Waals surface area (Å²) in [6.07, 6.45) is 12.1. The summed E-state index contributed by atoms with van der Waals surface area (Å²) in [6, 6.07) is 35.0. The molecule has 156 valence electrons. The summed E-state index contributed by atoms with van der Waals surface area (Å²) >= 11 is 0. The summed E-state index contributed by atoms with van der Waals surface area (Å²) in [5.41, 5.74) is 3.22. The van der Waals surface area contributed by atoms with Crippen LogP contribution in [-0.4, -0.2) is 0 Å². The molecule has 0 unspecified atom stereocenters. The minimum atomic E-state index is -0.493. The predicted octanol–water partition coefficient (Wildman–Crippen LogP) is 6.95. The molecule has 0 radical (unpaired) electrons. The predicted molar refractivity (Wildman–Crippen MR) is 137 cm³/mol. The summed E-state index contributed by atoms with van der Waals surface area (Å²) in [4.78, 5) is 0. The van der Waals surface area contributed by atoms with Gasteiger partial charge in [0.05, 0.1) is 0 Å². The van der Waals surface area contributed by atoms with Gasteiger partial charge in [-0.15, -0.1) is 46.4 Å². The summed E-state index contributed by atoms with van der Waals surface area (Å²) in [7, 11) is -0.493. The Bertz CT molecular complexity index is 1130. The SMILES string of the molecule is C1=CC2=C(CC1)CC[CH-]2.[Zr+2].c1ccc(P(c2ccccc2)c2cc3ccccc3[cH-]2)cc1. The molecule has 0 amide bonds. The third kappa shape index (κ3) is 5.28. The van der Waals surface area contributed by atoms with Gasteiger partial charge in [-0.25, -0.2) is 0 Å². The van der Waals surface area contributed by atoms with Gasteiger partial charge in [-0.3, -0.25) is 0 Å². The first-order valence-electron chi connectivity index (χ1n) is 11.2. The normalized spacial score (nSPS) is 14.4. The topological polar surface area (TPSA) is 0 Å². The molecule has 0 nitrogen and oxygen atoms in total. The summed E-state index contributed by atoms with van der Waals surface area (Å²) in [5.74, 6) is 0. The molecule has 2 aliphatic rings. The van der Waals surface area contributed by atoms with Crippen LogP contribution in [0.5, 0.6) is 0 Å². The van der Waals surface area contributed by atoms with Crippen LogP contribution < -0.4 is 15.9 Å². The maximum Gasteiger partial charge on any atom is 2.00 e. The summed E-state index contributed by atoms with van der Waals surface area (Å²) < 4.78 is 0. The standard InChI is InChI=1S/C21H16P.C9H11.Zr/c1-3-11-19(12-4-1)22(20-13-5-2-6-14-20)21-15-17-9-7-8-10-18(17)16-21;1-2-5-9-7-3-6-8(9)4-1;/h1-16H;1,4,6H,2-3,5,7H2;/q2*-1;+2. The van der Waals surface area contributed by atoms with Gasteiger partial charge in [-0.2, -0.15) is 29.7 Å². The molecule has 0 saturated heterocycles. The molecule has 0 aliphatic heterocycles. The molecule has 0 atom stereocenters. The molecule has 0 bridgehead atoms. The Morgan fingerprint density at radius 1 is 0.719 bits per heavy atom. The van der Waals surface area contributed by atoms with Gasteiger partial charge in [0.1, 0.15) is 0 Å². The fourth-order valence-electron chi connectivity index (χ4n) is 4.48. The fourth-order valence-corrected chi connectivity index (χ4v) is 6.85. The number of allylic oxidation sites excluding steroid dienone is 4. The molecule has 4 aromatic carbocycles. The van der Waals surface area contributed by atoms with Crippen LogP contribution >= 0.6 is 7.92 Å². The van der Waals surface area contributed by atoms with Gasteiger partial charge in [-0.1, -0.05) is 92.4 Å². The Kier molecular flexibility index (Phi) is 8.07. The van der Waals surface area contributed by atoms with Crippen molar-refractivity contribution in [2.24, 2.45) is 0 Å². The molecule has 0 fully saturated rings. The number of hydrogen-bond donors (Lipinski definition) is 0. The van der Waals surface area contributed by atoms with Crippen molar-refractivity contribution in [3.05, 3.63) is 127 Å². The van der Waals surface area contributed by atoms with Gasteiger partial charge < -0.3 is 0 Å². The number of fused-ring (bicyclic) bond motifs is 1. The van der Waals surface area contributed by atoms with Crippen molar-refractivity contribution in [3.8, 4) is 0 Å². The quantitative estimate of drug-likeness (QED) is 0.207. The third-order valence-electron chi connectivity index (χ3n) is 6.02. The fraction of sp³-hybridized carbons (Fsp3) is 0.133. The van der Waals surface area contributed by atoms with Crippen LogP contribution in [0.15, 0.2) is 120 Å². The molecule has 0 spiro atoms. The largest absolute Gasteiger partial charge is 2.00 e. The zero-order chi connectivity index (χ0) is 20.9. The zero-order valence-electron chi connectivity index (χ0n) is 18.2. The average molecular weight is 510 g/mol. The summed E-state index contributed by atoms with van der Waals surface area (Å²) in [6.45, 7) is 0. The van der Waals surface area contributed by atoms with E-state index in [0.717, 1.165) is 0 Å². The van der Waals surface area contributed by atoms with Crippen LogP contribution in [0.4, 0.5) is 0 Å². The van der Waals surface area contributed by atoms with Crippen LogP contribution in [0.2, 0.25) is 0 Å². The van der Waals surface area contributed by atoms with Crippen molar-refractivity contribution < 1.29 is 26.2 Å². The monoisotopic (exact) mass is 508 g/mol. The van der Waals surface area contributed by atoms with E-state index >= 15 is 0 Å². The Morgan fingerprint density at radius 3 is 2.03 bits per heavy atom. The molecule has 0 saturated carbocycles. The van der Waals surface area contributed by atoms with Gasteiger partial charge in [0, 0.05) is 0 Å². The van der Waals surface area contributed by atoms with Crippen LogP contribution in [-0.2, 0) is 26.2 Å². The number of benzene rings is 3. The molecule has 2 heteroatoms. The van der Waals surface area contributed by atoms with E-state index in [-0.39, 0.29) is 26.2 Å². The van der Waals surface area contributed by atoms with Crippen LogP contribution in [0, 0.1) is 6.42 Å². The van der Waals surface area contributed by atoms with E-state index in [1.165, 1.54) is 57.9 Å². The minimum Gasteiger partial charge on any atom is -0.193 e. The zero-order valence-corrected chi connectivity index (χ0v) is 21.6. The van der Waals surface area contributed by atoms with Crippen molar-refractivity contribution in [2.45, 2.75) is 25.7 Å². The van der Waals surface area contributed by atoms with E-state index in [2.05, 4.69) is 116 Å². The number of hydrogen-bond acceptors (Lipinski definition) is 0. The molecule has 0 aromatic heterocycles. The molecule has 6 rings (SSSR count). The van der Waals surface area contributed by atoms with Gasteiger partial charge in [0.25, 0.3) is 0 Å². The first-order valence-corrected chi connectivity index (χ1v) is 12.5. The van der Waals surface area contributed by atoms with E-state index in [1.54, 1.807) is 5.57 Å². The molecular weight excluding hydrogens is 483 g/mol. The van der Waals surface area contributed by atoms with Crippen LogP contribution in [0.3, 0.4) is 0 Å². The van der Waals surface area contributed by atoms with E-state index < -0.39 is 7.92 Å². The van der Waals surface area contributed by atoms with Gasteiger partial charge in [0.2, 0.25) is 0 Å². The summed E-state index contributed by atoms with van der Waals surface area (Å²) in [5, 5.41) is 6.89. The molecular formula is C30H27PZr. The molecule has 4 aromatic rings. The first kappa shape index (κ1) is 23.1. The second-order valence-electron chi connectivity index (χ2n) is 8.09. The molecule has 32 heavy (non-hydrogen) atoms. The van der Waals surface area contributed by atoms with E-state index in [1.807, 2.05) is 0 Å². The minimum absolute atomic E-state index is 0. The smallest absolute Gasteiger partial charge is 0.193 e. The van der Waals surface area contributed by atoms with Crippen molar-refractivity contribution in [1.82, 2.24) is 0 Å². The Balaban J connectivity index is 0.000000205. The van der Waals surface area contributed by atoms with Crippen molar-refractivity contribution in [1.29, 1.82) is 0 Å². The average Bonchev–Trinajstić information content (AvgIpc) is 3.48. The Labute approximate surface area is 212 Å². The van der Waals surface area contributed by atoms with E-state index in [0.29, 0.717) is 0 Å².